The van der Waals surface area contributed by atoms with E-state index in [1.807, 2.05) is 0 Å². The van der Waals surface area contributed by atoms with E-state index >= 15 is 0 Å². The molecule has 3 N–H and O–H groups in total. The Bertz CT molecular complexity index is 597. The summed E-state index contributed by atoms with van der Waals surface area (Å²) in [6.45, 7) is 1.66. The lowest BCUT2D eigenvalue weighted by Gasteiger charge is -2.17. The second kappa shape index (κ2) is 6.51. The smallest absolute Gasteiger partial charge is 0.246 e. The number of thiocarbonyl (C=S) groups is 1. The van der Waals surface area contributed by atoms with Crippen molar-refractivity contribution in [2.75, 3.05) is 0 Å². The lowest BCUT2D eigenvalue weighted by molar-refractivity contribution is 0.487. The number of hydrogen-bond acceptors (Lipinski definition) is 3. The van der Waals surface area contributed by atoms with E-state index in [1.165, 1.54) is 0 Å². The molecule has 0 aliphatic heterocycles. The molecule has 0 bridgehead atoms. The zero-order valence-corrected chi connectivity index (χ0v) is 12.1. The van der Waals surface area contributed by atoms with Gasteiger partial charge in [-0.1, -0.05) is 19.1 Å². The van der Waals surface area contributed by atoms with Crippen LogP contribution in [-0.4, -0.2) is 19.4 Å². The van der Waals surface area contributed by atoms with Crippen molar-refractivity contribution in [3.05, 3.63) is 29.6 Å². The minimum atomic E-state index is -4.48. The number of hydrogen-bond donors (Lipinski definition) is 2. The highest BCUT2D eigenvalue weighted by Gasteiger charge is 2.27. The van der Waals surface area contributed by atoms with Gasteiger partial charge in [-0.15, -0.1) is 0 Å². The Hall–Kier alpha value is -1.19. The third-order valence-electron chi connectivity index (χ3n) is 2.49. The molecule has 4 nitrogen and oxygen atoms in total. The zero-order chi connectivity index (χ0) is 15.5. The summed E-state index contributed by atoms with van der Waals surface area (Å²) < 4.78 is 65.7. The number of nitrogens with one attached hydrogen (secondary N) is 1. The first-order valence-electron chi connectivity index (χ1n) is 5.62. The molecule has 0 spiro atoms. The van der Waals surface area contributed by atoms with Crippen LogP contribution in [0.2, 0.25) is 0 Å². The van der Waals surface area contributed by atoms with Gasteiger partial charge in [0.15, 0.2) is 4.90 Å². The minimum Gasteiger partial charge on any atom is -0.393 e. The standard InChI is InChI=1S/C11H13F3N2O2S2/c1-2-7(5-10(15)19)16-20(17,18)11-8(13)3-6(12)4-9(11)14/h3-4,7,16H,2,5H2,1H3,(H2,15,19). The fraction of sp³-hybridized carbons (Fsp3) is 0.364. The van der Waals surface area contributed by atoms with Crippen LogP contribution in [-0.2, 0) is 10.0 Å². The third-order valence-corrected chi connectivity index (χ3v) is 4.23. The van der Waals surface area contributed by atoms with Gasteiger partial charge in [0.05, 0.1) is 4.99 Å². The Kier molecular flexibility index (Phi) is 5.49. The number of rotatable bonds is 6. The summed E-state index contributed by atoms with van der Waals surface area (Å²) in [7, 11) is -4.48. The highest BCUT2D eigenvalue weighted by atomic mass is 32.2. The molecule has 0 amide bonds. The van der Waals surface area contributed by atoms with Gasteiger partial charge in [-0.2, -0.15) is 0 Å². The van der Waals surface area contributed by atoms with Gasteiger partial charge in [0.25, 0.3) is 0 Å². The number of halogens is 3. The molecule has 0 aliphatic carbocycles. The van der Waals surface area contributed by atoms with Gasteiger partial charge in [0.2, 0.25) is 10.0 Å². The molecule has 9 heteroatoms. The van der Waals surface area contributed by atoms with Gasteiger partial charge in [0, 0.05) is 24.6 Å². The van der Waals surface area contributed by atoms with Gasteiger partial charge in [-0.25, -0.2) is 26.3 Å². The molecule has 1 atom stereocenters. The monoisotopic (exact) mass is 326 g/mol. The van der Waals surface area contributed by atoms with Crippen molar-refractivity contribution in [3.63, 3.8) is 0 Å². The van der Waals surface area contributed by atoms with E-state index in [9.17, 15) is 21.6 Å². The van der Waals surface area contributed by atoms with E-state index in [4.69, 9.17) is 5.73 Å². The number of sulfonamides is 1. The number of nitrogens with two attached hydrogens (primary N) is 1. The Morgan fingerprint density at radius 2 is 1.85 bits per heavy atom. The van der Waals surface area contributed by atoms with Crippen LogP contribution in [0.5, 0.6) is 0 Å². The molecule has 0 saturated carbocycles. The van der Waals surface area contributed by atoms with Crippen molar-refractivity contribution in [2.45, 2.75) is 30.7 Å². The maximum Gasteiger partial charge on any atom is 0.246 e. The molecular weight excluding hydrogens is 313 g/mol. The van der Waals surface area contributed by atoms with Crippen molar-refractivity contribution < 1.29 is 21.6 Å². The predicted molar refractivity (Wildman–Crippen MR) is 72.1 cm³/mol. The maximum atomic E-state index is 13.5. The largest absolute Gasteiger partial charge is 0.393 e. The second-order valence-electron chi connectivity index (χ2n) is 4.10. The van der Waals surface area contributed by atoms with Gasteiger partial charge >= 0.3 is 0 Å². The molecular formula is C11H13F3N2O2S2. The summed E-state index contributed by atoms with van der Waals surface area (Å²) in [6.07, 6.45) is 0.372. The van der Waals surface area contributed by atoms with E-state index in [1.54, 1.807) is 6.92 Å². The first-order valence-corrected chi connectivity index (χ1v) is 7.51. The van der Waals surface area contributed by atoms with Crippen molar-refractivity contribution >= 4 is 27.2 Å². The zero-order valence-electron chi connectivity index (χ0n) is 10.5. The van der Waals surface area contributed by atoms with Crippen LogP contribution in [0.15, 0.2) is 17.0 Å². The van der Waals surface area contributed by atoms with Crippen LogP contribution >= 0.6 is 12.2 Å². The normalized spacial score (nSPS) is 13.2. The molecule has 1 rings (SSSR count). The summed E-state index contributed by atoms with van der Waals surface area (Å²) in [5.74, 6) is -4.20. The maximum absolute atomic E-state index is 13.5. The Balaban J connectivity index is 3.14. The average Bonchev–Trinajstić information content (AvgIpc) is 2.24. The predicted octanol–water partition coefficient (Wildman–Crippen LogP) is 1.84. The second-order valence-corrected chi connectivity index (χ2v) is 6.27. The fourth-order valence-corrected chi connectivity index (χ4v) is 3.22. The van der Waals surface area contributed by atoms with Gasteiger partial charge in [-0.3, -0.25) is 0 Å². The summed E-state index contributed by atoms with van der Waals surface area (Å²) in [5, 5.41) is 0. The molecule has 0 radical (unpaired) electrons. The van der Waals surface area contributed by atoms with Crippen molar-refractivity contribution in [3.8, 4) is 0 Å². The first kappa shape index (κ1) is 16.9. The van der Waals surface area contributed by atoms with E-state index in [0.717, 1.165) is 0 Å². The first-order chi connectivity index (χ1) is 9.17. The van der Waals surface area contributed by atoms with Gasteiger partial charge in [0.1, 0.15) is 17.5 Å². The molecule has 0 saturated heterocycles. The highest BCUT2D eigenvalue weighted by molar-refractivity contribution is 7.89. The quantitative estimate of drug-likeness (QED) is 0.783. The van der Waals surface area contributed by atoms with E-state index in [2.05, 4.69) is 16.9 Å². The fourth-order valence-electron chi connectivity index (χ4n) is 1.58. The van der Waals surface area contributed by atoms with E-state index < -0.39 is 38.4 Å². The Morgan fingerprint density at radius 1 is 1.35 bits per heavy atom. The Labute approximate surface area is 120 Å². The molecule has 0 heterocycles. The van der Waals surface area contributed by atoms with Crippen LogP contribution in [0.4, 0.5) is 13.2 Å². The highest BCUT2D eigenvalue weighted by Crippen LogP contribution is 2.20. The third kappa shape index (κ3) is 4.15. The molecule has 112 valence electrons. The average molecular weight is 326 g/mol. The molecule has 1 aromatic rings. The number of benzene rings is 1. The molecule has 0 aromatic heterocycles. The molecule has 0 fully saturated rings. The van der Waals surface area contributed by atoms with E-state index in [-0.39, 0.29) is 11.4 Å². The van der Waals surface area contributed by atoms with Crippen LogP contribution in [0.1, 0.15) is 19.8 Å². The molecule has 1 aromatic carbocycles. The molecule has 20 heavy (non-hydrogen) atoms. The van der Waals surface area contributed by atoms with Gasteiger partial charge in [-0.05, 0) is 6.42 Å². The minimum absolute atomic E-state index is 0.0511. The molecule has 1 unspecified atom stereocenters. The van der Waals surface area contributed by atoms with Crippen LogP contribution < -0.4 is 10.5 Å². The van der Waals surface area contributed by atoms with Crippen molar-refractivity contribution in [2.24, 2.45) is 5.73 Å². The lowest BCUT2D eigenvalue weighted by Crippen LogP contribution is -2.37. The van der Waals surface area contributed by atoms with E-state index in [0.29, 0.717) is 18.6 Å². The summed E-state index contributed by atoms with van der Waals surface area (Å²) >= 11 is 4.66. The van der Waals surface area contributed by atoms with Gasteiger partial charge < -0.3 is 5.73 Å². The van der Waals surface area contributed by atoms with Crippen LogP contribution in [0.25, 0.3) is 0 Å². The Morgan fingerprint density at radius 3 is 2.25 bits per heavy atom. The van der Waals surface area contributed by atoms with Crippen molar-refractivity contribution in [1.29, 1.82) is 0 Å². The van der Waals surface area contributed by atoms with Crippen molar-refractivity contribution in [1.82, 2.24) is 4.72 Å². The summed E-state index contributed by atoms with van der Waals surface area (Å²) in [4.78, 5) is -1.15. The topological polar surface area (TPSA) is 72.2 Å². The summed E-state index contributed by atoms with van der Waals surface area (Å²) in [5.41, 5.74) is 5.30. The lowest BCUT2D eigenvalue weighted by atomic mass is 10.2. The summed E-state index contributed by atoms with van der Waals surface area (Å²) in [6, 6.07) is -0.0976. The molecule has 0 aliphatic rings. The SMILES string of the molecule is CCC(CC(N)=S)NS(=O)(=O)c1c(F)cc(F)cc1F. The van der Waals surface area contributed by atoms with Crippen LogP contribution in [0.3, 0.4) is 0 Å². The van der Waals surface area contributed by atoms with Crippen LogP contribution in [0, 0.1) is 17.5 Å².